The Morgan fingerprint density at radius 1 is 1.32 bits per heavy atom. The van der Waals surface area contributed by atoms with E-state index in [1.54, 1.807) is 0 Å². The first kappa shape index (κ1) is 18.4. The topological polar surface area (TPSA) is 115 Å². The molecule has 10 heteroatoms. The fourth-order valence-electron chi connectivity index (χ4n) is 1.95. The standard InChI is InChI=1S/C12H7ClN2O6.Na/c1-5(16)9-10(17)12(19)14(11(9)18)8-3-2-6(15(20)21)4-7(8)13;/h2-4,9H,1H3;/q;+1. The van der Waals surface area contributed by atoms with E-state index in [1.807, 2.05) is 0 Å². The first-order valence-electron chi connectivity index (χ1n) is 5.62. The van der Waals surface area contributed by atoms with Gasteiger partial charge in [-0.25, -0.2) is 4.90 Å². The molecule has 108 valence electrons. The number of imide groups is 1. The molecule has 2 rings (SSSR count). The van der Waals surface area contributed by atoms with Crippen LogP contribution >= 0.6 is 11.6 Å². The Kier molecular flexibility index (Phi) is 5.58. The van der Waals surface area contributed by atoms with Gasteiger partial charge in [0, 0.05) is 12.1 Å². The number of nitrogens with zero attached hydrogens (tertiary/aromatic N) is 2. The van der Waals surface area contributed by atoms with Crippen molar-refractivity contribution in [3.05, 3.63) is 33.3 Å². The molecule has 2 amide bonds. The van der Waals surface area contributed by atoms with Gasteiger partial charge in [-0.2, -0.15) is 0 Å². The molecule has 1 unspecified atom stereocenters. The number of rotatable bonds is 3. The number of nitro groups is 1. The molecule has 0 N–H and O–H groups in total. The smallest absolute Gasteiger partial charge is 0.299 e. The monoisotopic (exact) mass is 333 g/mol. The third-order valence-corrected chi connectivity index (χ3v) is 3.24. The van der Waals surface area contributed by atoms with Crippen molar-refractivity contribution in [2.24, 2.45) is 5.92 Å². The maximum absolute atomic E-state index is 12.0. The van der Waals surface area contributed by atoms with E-state index in [2.05, 4.69) is 0 Å². The third-order valence-electron chi connectivity index (χ3n) is 2.93. The third kappa shape index (κ3) is 2.95. The number of carbonyl (C=O) groups is 4. The van der Waals surface area contributed by atoms with Crippen molar-refractivity contribution in [3.63, 3.8) is 0 Å². The molecular weight excluding hydrogens is 327 g/mol. The summed E-state index contributed by atoms with van der Waals surface area (Å²) in [6, 6.07) is 3.06. The Labute approximate surface area is 150 Å². The molecule has 0 aromatic heterocycles. The van der Waals surface area contributed by atoms with E-state index in [-0.39, 0.29) is 46.0 Å². The van der Waals surface area contributed by atoms with E-state index >= 15 is 0 Å². The minimum absolute atomic E-state index is 0. The van der Waals surface area contributed by atoms with Crippen LogP contribution in [0.1, 0.15) is 6.92 Å². The average Bonchev–Trinajstić information content (AvgIpc) is 2.61. The molecular formula is C12H7ClN2NaO6+. The number of amides is 2. The number of non-ortho nitro benzene ring substituents is 1. The van der Waals surface area contributed by atoms with Gasteiger partial charge in [0.05, 0.1) is 15.6 Å². The van der Waals surface area contributed by atoms with Crippen LogP contribution in [0.2, 0.25) is 5.02 Å². The molecule has 0 bridgehead atoms. The van der Waals surface area contributed by atoms with Crippen LogP contribution in [-0.2, 0) is 19.2 Å². The molecule has 8 nitrogen and oxygen atoms in total. The summed E-state index contributed by atoms with van der Waals surface area (Å²) in [4.78, 5) is 57.1. The Bertz CT molecular complexity index is 720. The van der Waals surface area contributed by atoms with Crippen molar-refractivity contribution in [1.82, 2.24) is 0 Å². The van der Waals surface area contributed by atoms with Gasteiger partial charge in [0.2, 0.25) is 5.78 Å². The van der Waals surface area contributed by atoms with Crippen molar-refractivity contribution in [2.75, 3.05) is 4.90 Å². The molecule has 1 aromatic rings. The number of carbonyl (C=O) groups excluding carboxylic acids is 4. The molecule has 0 aliphatic carbocycles. The molecule has 1 aliphatic rings. The molecule has 1 saturated heterocycles. The molecule has 22 heavy (non-hydrogen) atoms. The van der Waals surface area contributed by atoms with E-state index in [1.165, 1.54) is 0 Å². The van der Waals surface area contributed by atoms with Crippen LogP contribution in [0.25, 0.3) is 0 Å². The number of Topliss-reactive ketones (excluding diaryl/α,β-unsaturated/α-hetero) is 2. The first-order valence-corrected chi connectivity index (χ1v) is 6.00. The van der Waals surface area contributed by atoms with E-state index in [0.29, 0.717) is 4.90 Å². The average molecular weight is 334 g/mol. The van der Waals surface area contributed by atoms with Crippen LogP contribution < -0.4 is 34.5 Å². The second-order valence-corrected chi connectivity index (χ2v) is 4.69. The van der Waals surface area contributed by atoms with Gasteiger partial charge in [-0.05, 0) is 13.0 Å². The van der Waals surface area contributed by atoms with Crippen molar-refractivity contribution in [1.29, 1.82) is 0 Å². The summed E-state index contributed by atoms with van der Waals surface area (Å²) in [6.07, 6.45) is 0. The molecule has 0 radical (unpaired) electrons. The number of nitro benzene ring substituents is 1. The predicted octanol–water partition coefficient (Wildman–Crippen LogP) is -2.10. The van der Waals surface area contributed by atoms with E-state index in [9.17, 15) is 29.3 Å². The van der Waals surface area contributed by atoms with Crippen molar-refractivity contribution in [2.45, 2.75) is 6.92 Å². The van der Waals surface area contributed by atoms with Gasteiger partial charge in [0.15, 0.2) is 5.92 Å². The summed E-state index contributed by atoms with van der Waals surface area (Å²) in [5.41, 5.74) is -0.508. The zero-order chi connectivity index (χ0) is 15.9. The molecule has 1 heterocycles. The maximum Gasteiger partial charge on any atom is 1.00 e. The fourth-order valence-corrected chi connectivity index (χ4v) is 2.21. The van der Waals surface area contributed by atoms with Crippen molar-refractivity contribution < 1.29 is 53.7 Å². The second kappa shape index (κ2) is 6.66. The number of hydrogen-bond acceptors (Lipinski definition) is 6. The normalized spacial score (nSPS) is 17.5. The summed E-state index contributed by atoms with van der Waals surface area (Å²) in [5.74, 6) is -5.76. The predicted molar refractivity (Wildman–Crippen MR) is 69.8 cm³/mol. The van der Waals surface area contributed by atoms with Crippen LogP contribution in [-0.4, -0.2) is 28.3 Å². The van der Waals surface area contributed by atoms with Gasteiger partial charge in [-0.3, -0.25) is 29.3 Å². The Hall–Kier alpha value is -1.61. The van der Waals surface area contributed by atoms with Crippen molar-refractivity contribution >= 4 is 46.4 Å². The van der Waals surface area contributed by atoms with Crippen LogP contribution in [0.5, 0.6) is 0 Å². The minimum Gasteiger partial charge on any atom is -0.299 e. The largest absolute Gasteiger partial charge is 1.00 e. The van der Waals surface area contributed by atoms with Gasteiger partial charge in [-0.1, -0.05) is 11.6 Å². The van der Waals surface area contributed by atoms with Gasteiger partial charge in [0.1, 0.15) is 5.78 Å². The van der Waals surface area contributed by atoms with E-state index in [4.69, 9.17) is 11.6 Å². The van der Waals surface area contributed by atoms with E-state index < -0.39 is 34.2 Å². The van der Waals surface area contributed by atoms with Gasteiger partial charge >= 0.3 is 35.5 Å². The molecule has 1 fully saturated rings. The van der Waals surface area contributed by atoms with Gasteiger partial charge in [-0.15, -0.1) is 0 Å². The Morgan fingerprint density at radius 3 is 2.32 bits per heavy atom. The maximum atomic E-state index is 12.0. The second-order valence-electron chi connectivity index (χ2n) is 4.28. The van der Waals surface area contributed by atoms with Crippen LogP contribution in [0.3, 0.4) is 0 Å². The first-order chi connectivity index (χ1) is 9.75. The van der Waals surface area contributed by atoms with Gasteiger partial charge < -0.3 is 0 Å². The minimum atomic E-state index is -1.68. The van der Waals surface area contributed by atoms with E-state index in [0.717, 1.165) is 25.1 Å². The van der Waals surface area contributed by atoms with Crippen LogP contribution in [0.4, 0.5) is 11.4 Å². The zero-order valence-electron chi connectivity index (χ0n) is 11.5. The van der Waals surface area contributed by atoms with Crippen LogP contribution in [0.15, 0.2) is 18.2 Å². The fraction of sp³-hybridized carbons (Fsp3) is 0.167. The number of ketones is 2. The van der Waals surface area contributed by atoms with Crippen LogP contribution in [0, 0.1) is 16.0 Å². The molecule has 1 aromatic carbocycles. The summed E-state index contributed by atoms with van der Waals surface area (Å²) in [7, 11) is 0. The summed E-state index contributed by atoms with van der Waals surface area (Å²) in [5, 5.41) is 10.4. The molecule has 1 atom stereocenters. The molecule has 0 saturated carbocycles. The summed E-state index contributed by atoms with van der Waals surface area (Å²) >= 11 is 5.81. The van der Waals surface area contributed by atoms with Crippen molar-refractivity contribution in [3.8, 4) is 0 Å². The number of hydrogen-bond donors (Lipinski definition) is 0. The quantitative estimate of drug-likeness (QED) is 0.156. The Morgan fingerprint density at radius 2 is 1.91 bits per heavy atom. The zero-order valence-corrected chi connectivity index (χ0v) is 14.3. The van der Waals surface area contributed by atoms with Gasteiger partial charge in [0.25, 0.3) is 11.6 Å². The Balaban J connectivity index is 0.00000242. The molecule has 1 aliphatic heterocycles. The molecule has 0 spiro atoms. The SMILES string of the molecule is CC(=O)C1C(=O)C(=O)N(c2ccc([N+](=O)[O-])cc2Cl)C1=O.[Na+]. The summed E-state index contributed by atoms with van der Waals surface area (Å²) < 4.78 is 0. The number of halogens is 1. The summed E-state index contributed by atoms with van der Waals surface area (Å²) in [6.45, 7) is 1.02. The number of benzene rings is 1. The number of anilines is 1.